The molecule has 0 bridgehead atoms. The monoisotopic (exact) mass is 284 g/mol. The van der Waals surface area contributed by atoms with Crippen LogP contribution in [0, 0.1) is 11.6 Å². The average molecular weight is 284 g/mol. The van der Waals surface area contributed by atoms with Crippen LogP contribution in [0.3, 0.4) is 0 Å². The van der Waals surface area contributed by atoms with Crippen molar-refractivity contribution in [3.05, 3.63) is 35.4 Å². The second-order valence-corrected chi connectivity index (χ2v) is 5.30. The Hall–Kier alpha value is -1.53. The molecule has 2 rings (SSSR count). The van der Waals surface area contributed by atoms with Gasteiger partial charge in [0, 0.05) is 24.7 Å². The standard InChI is InChI=1S/C14H18F2N2O2/c1-9(11-4-3-10(15)5-12(11)16)18-13(19)6-20-14(2)7-17-8-14/h3-5,9,17H,6-8H2,1-2H3,(H,18,19). The smallest absolute Gasteiger partial charge is 0.246 e. The van der Waals surface area contributed by atoms with Crippen LogP contribution in [0.4, 0.5) is 8.78 Å². The normalized spacial score (nSPS) is 18.2. The van der Waals surface area contributed by atoms with E-state index in [2.05, 4.69) is 10.6 Å². The molecular weight excluding hydrogens is 266 g/mol. The Morgan fingerprint density at radius 3 is 2.75 bits per heavy atom. The van der Waals surface area contributed by atoms with Crippen LogP contribution in [0.15, 0.2) is 18.2 Å². The van der Waals surface area contributed by atoms with E-state index in [1.165, 1.54) is 12.1 Å². The number of nitrogens with one attached hydrogen (secondary N) is 2. The quantitative estimate of drug-likeness (QED) is 0.862. The zero-order valence-electron chi connectivity index (χ0n) is 11.5. The van der Waals surface area contributed by atoms with Crippen molar-refractivity contribution in [2.75, 3.05) is 19.7 Å². The fourth-order valence-electron chi connectivity index (χ4n) is 2.03. The van der Waals surface area contributed by atoms with E-state index in [-0.39, 0.29) is 23.7 Å². The molecule has 20 heavy (non-hydrogen) atoms. The Morgan fingerprint density at radius 1 is 1.50 bits per heavy atom. The number of carbonyl (C=O) groups is 1. The van der Waals surface area contributed by atoms with Gasteiger partial charge in [-0.1, -0.05) is 6.07 Å². The molecule has 1 amide bonds. The van der Waals surface area contributed by atoms with Crippen molar-refractivity contribution in [1.29, 1.82) is 0 Å². The maximum atomic E-state index is 13.6. The van der Waals surface area contributed by atoms with Gasteiger partial charge in [-0.3, -0.25) is 4.79 Å². The van der Waals surface area contributed by atoms with Crippen molar-refractivity contribution in [2.24, 2.45) is 0 Å². The molecule has 1 aromatic rings. The van der Waals surface area contributed by atoms with E-state index in [0.717, 1.165) is 6.07 Å². The first kappa shape index (κ1) is 14.9. The summed E-state index contributed by atoms with van der Waals surface area (Å²) in [5.41, 5.74) is -0.0573. The number of ether oxygens (including phenoxy) is 1. The van der Waals surface area contributed by atoms with Gasteiger partial charge in [0.05, 0.1) is 11.6 Å². The minimum Gasteiger partial charge on any atom is -0.363 e. The molecular formula is C14H18F2N2O2. The van der Waals surface area contributed by atoms with Crippen molar-refractivity contribution in [1.82, 2.24) is 10.6 Å². The van der Waals surface area contributed by atoms with E-state index in [9.17, 15) is 13.6 Å². The lowest BCUT2D eigenvalue weighted by Crippen LogP contribution is -2.59. The van der Waals surface area contributed by atoms with E-state index in [4.69, 9.17) is 4.74 Å². The van der Waals surface area contributed by atoms with Crippen LogP contribution in [0.1, 0.15) is 25.5 Å². The van der Waals surface area contributed by atoms with Crippen LogP contribution in [-0.2, 0) is 9.53 Å². The maximum absolute atomic E-state index is 13.6. The second kappa shape index (κ2) is 5.85. The maximum Gasteiger partial charge on any atom is 0.246 e. The summed E-state index contributed by atoms with van der Waals surface area (Å²) in [6, 6.07) is 2.75. The molecule has 0 aromatic heterocycles. The van der Waals surface area contributed by atoms with Crippen molar-refractivity contribution >= 4 is 5.91 Å². The van der Waals surface area contributed by atoms with E-state index in [0.29, 0.717) is 13.1 Å². The third-order valence-corrected chi connectivity index (χ3v) is 3.36. The van der Waals surface area contributed by atoms with Gasteiger partial charge in [-0.25, -0.2) is 8.78 Å². The molecule has 1 atom stereocenters. The van der Waals surface area contributed by atoms with Crippen LogP contribution >= 0.6 is 0 Å². The van der Waals surface area contributed by atoms with Crippen LogP contribution < -0.4 is 10.6 Å². The summed E-state index contributed by atoms with van der Waals surface area (Å²) in [4.78, 5) is 11.7. The summed E-state index contributed by atoms with van der Waals surface area (Å²) in [5.74, 6) is -1.64. The average Bonchev–Trinajstić information content (AvgIpc) is 2.33. The van der Waals surface area contributed by atoms with E-state index >= 15 is 0 Å². The Kier molecular flexibility index (Phi) is 4.35. The first-order chi connectivity index (χ1) is 9.39. The fraction of sp³-hybridized carbons (Fsp3) is 0.500. The molecule has 0 aliphatic carbocycles. The van der Waals surface area contributed by atoms with Gasteiger partial charge in [0.15, 0.2) is 0 Å². The molecule has 1 aliphatic rings. The van der Waals surface area contributed by atoms with Gasteiger partial charge in [0.2, 0.25) is 5.91 Å². The second-order valence-electron chi connectivity index (χ2n) is 5.30. The van der Waals surface area contributed by atoms with Crippen LogP contribution in [0.25, 0.3) is 0 Å². The SMILES string of the molecule is CC(NC(=O)COC1(C)CNC1)c1ccc(F)cc1F. The number of benzene rings is 1. The molecule has 2 N–H and O–H groups in total. The van der Waals surface area contributed by atoms with E-state index in [1.54, 1.807) is 6.92 Å². The van der Waals surface area contributed by atoms with Gasteiger partial charge in [-0.2, -0.15) is 0 Å². The zero-order chi connectivity index (χ0) is 14.8. The largest absolute Gasteiger partial charge is 0.363 e. The topological polar surface area (TPSA) is 50.4 Å². The third kappa shape index (κ3) is 3.52. The van der Waals surface area contributed by atoms with Crippen molar-refractivity contribution in [3.63, 3.8) is 0 Å². The molecule has 1 heterocycles. The van der Waals surface area contributed by atoms with Crippen molar-refractivity contribution < 1.29 is 18.3 Å². The van der Waals surface area contributed by atoms with Crippen LogP contribution in [0.5, 0.6) is 0 Å². The van der Waals surface area contributed by atoms with Gasteiger partial charge >= 0.3 is 0 Å². The molecule has 0 radical (unpaired) electrons. The highest BCUT2D eigenvalue weighted by molar-refractivity contribution is 5.77. The Balaban J connectivity index is 1.86. The Bertz CT molecular complexity index is 504. The Morgan fingerprint density at radius 2 is 2.20 bits per heavy atom. The molecule has 0 saturated carbocycles. The lowest BCUT2D eigenvalue weighted by atomic mass is 10.0. The summed E-state index contributed by atoms with van der Waals surface area (Å²) in [6.07, 6.45) is 0. The molecule has 6 heteroatoms. The summed E-state index contributed by atoms with van der Waals surface area (Å²) < 4.78 is 31.9. The highest BCUT2D eigenvalue weighted by Crippen LogP contribution is 2.18. The number of carbonyl (C=O) groups excluding carboxylic acids is 1. The van der Waals surface area contributed by atoms with Crippen molar-refractivity contribution in [3.8, 4) is 0 Å². The molecule has 1 fully saturated rings. The van der Waals surface area contributed by atoms with Gasteiger partial charge in [0.1, 0.15) is 18.2 Å². The highest BCUT2D eigenvalue weighted by atomic mass is 19.1. The highest BCUT2D eigenvalue weighted by Gasteiger charge is 2.33. The third-order valence-electron chi connectivity index (χ3n) is 3.36. The summed E-state index contributed by atoms with van der Waals surface area (Å²) in [5, 5.41) is 5.69. The summed E-state index contributed by atoms with van der Waals surface area (Å²) in [7, 11) is 0. The minimum atomic E-state index is -0.672. The number of hydrogen-bond acceptors (Lipinski definition) is 3. The van der Waals surface area contributed by atoms with Crippen molar-refractivity contribution in [2.45, 2.75) is 25.5 Å². The molecule has 1 aromatic carbocycles. The van der Waals surface area contributed by atoms with E-state index < -0.39 is 17.7 Å². The molecule has 1 aliphatic heterocycles. The van der Waals surface area contributed by atoms with Crippen LogP contribution in [0.2, 0.25) is 0 Å². The first-order valence-corrected chi connectivity index (χ1v) is 6.49. The summed E-state index contributed by atoms with van der Waals surface area (Å²) in [6.45, 7) is 4.90. The number of rotatable bonds is 5. The number of halogens is 2. The molecule has 1 unspecified atom stereocenters. The molecule has 0 spiro atoms. The predicted molar refractivity (Wildman–Crippen MR) is 70.1 cm³/mol. The van der Waals surface area contributed by atoms with Gasteiger partial charge in [-0.15, -0.1) is 0 Å². The zero-order valence-corrected chi connectivity index (χ0v) is 11.5. The lowest BCUT2D eigenvalue weighted by Gasteiger charge is -2.38. The number of hydrogen-bond donors (Lipinski definition) is 2. The minimum absolute atomic E-state index is 0.0780. The predicted octanol–water partition coefficient (Wildman–Crippen LogP) is 1.52. The molecule has 110 valence electrons. The van der Waals surface area contributed by atoms with Gasteiger partial charge in [0.25, 0.3) is 0 Å². The van der Waals surface area contributed by atoms with E-state index in [1.807, 2.05) is 6.92 Å². The summed E-state index contributed by atoms with van der Waals surface area (Å²) >= 11 is 0. The molecule has 4 nitrogen and oxygen atoms in total. The molecule has 1 saturated heterocycles. The van der Waals surface area contributed by atoms with Crippen LogP contribution in [-0.4, -0.2) is 31.2 Å². The fourth-order valence-corrected chi connectivity index (χ4v) is 2.03. The first-order valence-electron chi connectivity index (χ1n) is 6.49. The van der Waals surface area contributed by atoms with Gasteiger partial charge in [-0.05, 0) is 19.9 Å². The Labute approximate surface area is 116 Å². The lowest BCUT2D eigenvalue weighted by molar-refractivity contribution is -0.136. The van der Waals surface area contributed by atoms with Gasteiger partial charge < -0.3 is 15.4 Å². The number of amides is 1.